The molecule has 282 valence electrons. The van der Waals surface area contributed by atoms with Gasteiger partial charge in [-0.15, -0.1) is 0 Å². The number of rotatable bonds is 25. The molecule has 50 heavy (non-hydrogen) atoms. The fourth-order valence-corrected chi connectivity index (χ4v) is 4.21. The predicted molar refractivity (Wildman–Crippen MR) is 168 cm³/mol. The molecule has 0 aromatic carbocycles. The van der Waals surface area contributed by atoms with E-state index in [2.05, 4.69) is 10.6 Å². The number of hydrogen-bond donors (Lipinski definition) is 12. The van der Waals surface area contributed by atoms with Crippen LogP contribution in [0.15, 0.2) is 0 Å². The Morgan fingerprint density at radius 3 is 1.40 bits per heavy atom. The molecule has 22 nitrogen and oxygen atoms in total. The van der Waals surface area contributed by atoms with Crippen LogP contribution >= 0.6 is 0 Å². The number of aliphatic carboxylic acids is 4. The highest BCUT2D eigenvalue weighted by Gasteiger charge is 2.35. The summed E-state index contributed by atoms with van der Waals surface area (Å²) in [4.78, 5) is 122. The van der Waals surface area contributed by atoms with E-state index >= 15 is 0 Å². The van der Waals surface area contributed by atoms with Crippen LogP contribution in [0.2, 0.25) is 0 Å². The molecule has 0 aliphatic rings. The van der Waals surface area contributed by atoms with Crippen LogP contribution in [0.25, 0.3) is 0 Å². The summed E-state index contributed by atoms with van der Waals surface area (Å²) in [7, 11) is 0. The Bertz CT molecular complexity index is 1280. The van der Waals surface area contributed by atoms with Gasteiger partial charge in [0.1, 0.15) is 30.2 Å². The van der Waals surface area contributed by atoms with Crippen molar-refractivity contribution >= 4 is 59.3 Å². The van der Waals surface area contributed by atoms with Crippen molar-refractivity contribution in [2.45, 2.75) is 101 Å². The quantitative estimate of drug-likeness (QED) is 0.0394. The van der Waals surface area contributed by atoms with Crippen LogP contribution < -0.4 is 43.8 Å². The van der Waals surface area contributed by atoms with Gasteiger partial charge in [-0.1, -0.05) is 20.3 Å². The van der Waals surface area contributed by atoms with Crippen LogP contribution in [-0.2, 0) is 47.9 Å². The van der Waals surface area contributed by atoms with Gasteiger partial charge in [0.15, 0.2) is 0 Å². The molecular weight excluding hydrogens is 672 g/mol. The first kappa shape index (κ1) is 44.6. The number of carboxylic acids is 4. The molecule has 0 aromatic heterocycles. The van der Waals surface area contributed by atoms with Crippen LogP contribution in [0.3, 0.4) is 0 Å². The highest BCUT2D eigenvalue weighted by Crippen LogP contribution is 2.08. The molecule has 0 bridgehead atoms. The summed E-state index contributed by atoms with van der Waals surface area (Å²) < 4.78 is 0. The fraction of sp³-hybridized carbons (Fsp3) is 0.643. The zero-order valence-electron chi connectivity index (χ0n) is 27.5. The minimum atomic E-state index is -2.04. The molecule has 6 amide bonds. The minimum Gasteiger partial charge on any atom is -0.481 e. The Labute approximate surface area is 285 Å². The summed E-state index contributed by atoms with van der Waals surface area (Å²) in [6, 6.07) is -10.1. The highest BCUT2D eigenvalue weighted by molar-refractivity contribution is 5.98. The number of nitrogens with one attached hydrogen (secondary N) is 5. The number of carboxylic acid groups (broad SMARTS) is 4. The lowest BCUT2D eigenvalue weighted by Crippen LogP contribution is -2.60. The highest BCUT2D eigenvalue weighted by atomic mass is 16.4. The molecule has 0 fully saturated rings. The van der Waals surface area contributed by atoms with Crippen LogP contribution in [0.5, 0.6) is 0 Å². The Balaban J connectivity index is 6.13. The second-order valence-corrected chi connectivity index (χ2v) is 11.5. The molecule has 22 heteroatoms. The normalized spacial score (nSPS) is 14.4. The van der Waals surface area contributed by atoms with Crippen molar-refractivity contribution in [3.8, 4) is 0 Å². The van der Waals surface area contributed by atoms with Crippen LogP contribution in [-0.4, -0.2) is 123 Å². The third-order valence-electron chi connectivity index (χ3n) is 6.88. The number of primary amides is 1. The number of hydrogen-bond acceptors (Lipinski definition) is 12. The number of nitrogens with two attached hydrogens (primary N) is 3. The largest absolute Gasteiger partial charge is 0.481 e. The van der Waals surface area contributed by atoms with Gasteiger partial charge in [0, 0.05) is 6.42 Å². The SMILES string of the molecule is CC(C)[C@@H](NC(=O)[C@H](N)CCCCN)C(=O)N[C@H](CC(=O)O)C(=O)N[C@H](CC(=O)O)C(=O)N[C@H](CCC(N)=O)C(=O)N[C@H](CC(=O)O)C(=O)O. The lowest BCUT2D eigenvalue weighted by Gasteiger charge is -2.27. The van der Waals surface area contributed by atoms with E-state index in [0.29, 0.717) is 19.4 Å². The monoisotopic (exact) mass is 718 g/mol. The van der Waals surface area contributed by atoms with Gasteiger partial charge in [-0.2, -0.15) is 0 Å². The molecular formula is C28H46N8O14. The average Bonchev–Trinajstić information content (AvgIpc) is 2.99. The summed E-state index contributed by atoms with van der Waals surface area (Å²) in [6.07, 6.45) is -3.06. The van der Waals surface area contributed by atoms with Crippen molar-refractivity contribution in [3.63, 3.8) is 0 Å². The van der Waals surface area contributed by atoms with E-state index in [1.165, 1.54) is 13.8 Å². The molecule has 0 aromatic rings. The zero-order chi connectivity index (χ0) is 38.7. The number of carbonyl (C=O) groups is 10. The molecule has 0 spiro atoms. The Morgan fingerprint density at radius 1 is 0.560 bits per heavy atom. The van der Waals surface area contributed by atoms with E-state index in [0.717, 1.165) is 0 Å². The van der Waals surface area contributed by atoms with Crippen molar-refractivity contribution in [2.75, 3.05) is 6.54 Å². The molecule has 15 N–H and O–H groups in total. The average molecular weight is 719 g/mol. The smallest absolute Gasteiger partial charge is 0.326 e. The summed E-state index contributed by atoms with van der Waals surface area (Å²) in [6.45, 7) is 3.45. The Hall–Kier alpha value is -5.38. The first-order valence-electron chi connectivity index (χ1n) is 15.3. The predicted octanol–water partition coefficient (Wildman–Crippen LogP) is -4.70. The molecule has 0 saturated carbocycles. The number of amides is 6. The first-order chi connectivity index (χ1) is 23.2. The van der Waals surface area contributed by atoms with E-state index in [-0.39, 0.29) is 6.42 Å². The van der Waals surface area contributed by atoms with Crippen molar-refractivity contribution in [1.82, 2.24) is 26.6 Å². The van der Waals surface area contributed by atoms with Crippen molar-refractivity contribution < 1.29 is 68.4 Å². The van der Waals surface area contributed by atoms with E-state index < -0.39 is 134 Å². The molecule has 0 aliphatic carbocycles. The second kappa shape index (κ2) is 22.3. The molecule has 0 heterocycles. The maximum absolute atomic E-state index is 13.2. The summed E-state index contributed by atoms with van der Waals surface area (Å²) in [5.74, 6) is -14.0. The van der Waals surface area contributed by atoms with E-state index in [9.17, 15) is 63.3 Å². The fourth-order valence-electron chi connectivity index (χ4n) is 4.21. The van der Waals surface area contributed by atoms with Gasteiger partial charge >= 0.3 is 23.9 Å². The molecule has 0 radical (unpaired) electrons. The first-order valence-corrected chi connectivity index (χ1v) is 15.3. The van der Waals surface area contributed by atoms with Crippen molar-refractivity contribution in [1.29, 1.82) is 0 Å². The molecule has 6 atom stereocenters. The molecule has 0 rings (SSSR count). The Kier molecular flexibility index (Phi) is 19.9. The molecule has 0 aliphatic heterocycles. The van der Waals surface area contributed by atoms with Gasteiger partial charge in [-0.3, -0.25) is 43.2 Å². The summed E-state index contributed by atoms with van der Waals surface area (Å²) in [5, 5.41) is 47.4. The summed E-state index contributed by atoms with van der Waals surface area (Å²) >= 11 is 0. The van der Waals surface area contributed by atoms with Gasteiger partial charge in [-0.25, -0.2) is 4.79 Å². The number of carbonyl (C=O) groups excluding carboxylic acids is 6. The third kappa shape index (κ3) is 17.7. The van der Waals surface area contributed by atoms with E-state index in [1.54, 1.807) is 0 Å². The van der Waals surface area contributed by atoms with Gasteiger partial charge in [0.2, 0.25) is 35.4 Å². The number of unbranched alkanes of at least 4 members (excludes halogenated alkanes) is 1. The maximum Gasteiger partial charge on any atom is 0.326 e. The van der Waals surface area contributed by atoms with Crippen molar-refractivity contribution in [3.05, 3.63) is 0 Å². The van der Waals surface area contributed by atoms with Gasteiger partial charge in [0.05, 0.1) is 25.3 Å². The van der Waals surface area contributed by atoms with Crippen LogP contribution in [0.1, 0.15) is 65.2 Å². The Morgan fingerprint density at radius 2 is 0.980 bits per heavy atom. The second-order valence-electron chi connectivity index (χ2n) is 11.5. The minimum absolute atomic E-state index is 0.250. The molecule has 0 saturated heterocycles. The maximum atomic E-state index is 13.2. The topological polar surface area (TPSA) is 390 Å². The standard InChI is InChI=1S/C28H46N8O14/c1-12(2)22(36-23(44)13(30)5-3-4-8-29)27(48)34-16(10-20(40)41)26(47)33-15(9-19(38)39)25(46)32-14(6-7-18(31)37)24(45)35-17(28(49)50)11-21(42)43/h12-17,22H,3-11,29-30H2,1-2H3,(H2,31,37)(H,32,46)(H,33,47)(H,34,48)(H,35,45)(H,36,44)(H,38,39)(H,40,41)(H,42,43)(H,49,50)/t13-,14-,15-,16-,17-,22-/m1/s1. The van der Waals surface area contributed by atoms with Gasteiger partial charge in [0.25, 0.3) is 0 Å². The van der Waals surface area contributed by atoms with E-state index in [4.69, 9.17) is 22.3 Å². The lowest BCUT2D eigenvalue weighted by atomic mass is 10.0. The van der Waals surface area contributed by atoms with Gasteiger partial charge < -0.3 is 64.2 Å². The van der Waals surface area contributed by atoms with E-state index in [1.807, 2.05) is 16.0 Å². The lowest BCUT2D eigenvalue weighted by molar-refractivity contribution is -0.147. The molecule has 0 unspecified atom stereocenters. The van der Waals surface area contributed by atoms with Crippen LogP contribution in [0.4, 0.5) is 0 Å². The van der Waals surface area contributed by atoms with Crippen molar-refractivity contribution in [2.24, 2.45) is 23.1 Å². The third-order valence-corrected chi connectivity index (χ3v) is 6.88. The summed E-state index contributed by atoms with van der Waals surface area (Å²) in [5.41, 5.74) is 16.4. The van der Waals surface area contributed by atoms with Gasteiger partial charge in [-0.05, 0) is 31.7 Å². The zero-order valence-corrected chi connectivity index (χ0v) is 27.5. The van der Waals surface area contributed by atoms with Crippen LogP contribution in [0, 0.1) is 5.92 Å².